The first-order valence-corrected chi connectivity index (χ1v) is 15.6. The molecule has 1 saturated heterocycles. The number of ether oxygens (including phenoxy) is 2. The van der Waals surface area contributed by atoms with Crippen molar-refractivity contribution in [2.75, 3.05) is 19.8 Å². The molecule has 1 aliphatic heterocycles. The van der Waals surface area contributed by atoms with E-state index in [1.807, 2.05) is 64.1 Å². The fourth-order valence-corrected chi connectivity index (χ4v) is 9.44. The largest absolute Gasteiger partial charge is 0.490 e. The highest BCUT2D eigenvalue weighted by molar-refractivity contribution is 9.10. The number of aliphatic hydroxyl groups excluding tert-OH is 2. The van der Waals surface area contributed by atoms with E-state index in [4.69, 9.17) is 14.3 Å². The lowest BCUT2D eigenvalue weighted by Crippen LogP contribution is -2.69. The number of nitrogens with zero attached hydrogens (tertiary/aromatic N) is 1. The summed E-state index contributed by atoms with van der Waals surface area (Å²) in [7, 11) is 0. The molecule has 5 aliphatic rings. The third-order valence-electron chi connectivity index (χ3n) is 10.7. The molecule has 0 amide bonds. The quantitative estimate of drug-likeness (QED) is 0.296. The van der Waals surface area contributed by atoms with Gasteiger partial charge in [0.15, 0.2) is 12.4 Å². The number of rotatable bonds is 7. The molecular formula is C32H40BrFN2O6. The summed E-state index contributed by atoms with van der Waals surface area (Å²) in [6.07, 6.45) is 4.24. The Balaban J connectivity index is 1.20. The van der Waals surface area contributed by atoms with Crippen LogP contribution in [0.3, 0.4) is 0 Å². The number of nitrogens with one attached hydrogen (secondary N) is 1. The molecule has 1 heterocycles. The van der Waals surface area contributed by atoms with Gasteiger partial charge in [-0.2, -0.15) is 0 Å². The third-order valence-corrected chi connectivity index (χ3v) is 11.2. The highest BCUT2D eigenvalue weighted by Gasteiger charge is 2.75. The molecule has 0 radical (unpaired) electrons. The minimum absolute atomic E-state index is 0.0656. The van der Waals surface area contributed by atoms with Crippen LogP contribution >= 0.6 is 15.9 Å². The maximum Gasteiger partial charge on any atom is 0.181 e. The number of aliphatic hydroxyl groups is 2. The summed E-state index contributed by atoms with van der Waals surface area (Å²) < 4.78 is 29.1. The fraction of sp³-hybridized carbons (Fsp3) is 0.625. The first-order valence-electron chi connectivity index (χ1n) is 14.8. The van der Waals surface area contributed by atoms with Crippen molar-refractivity contribution < 1.29 is 33.7 Å². The number of benzene rings is 1. The Morgan fingerprint density at radius 3 is 2.64 bits per heavy atom. The maximum absolute atomic E-state index is 16.2. The van der Waals surface area contributed by atoms with Crippen LogP contribution in [0.4, 0.5) is 4.39 Å². The van der Waals surface area contributed by atoms with Crippen molar-refractivity contribution in [2.24, 2.45) is 33.7 Å². The Kier molecular flexibility index (Phi) is 7.49. The van der Waals surface area contributed by atoms with Gasteiger partial charge < -0.3 is 24.5 Å². The minimum Gasteiger partial charge on any atom is -0.490 e. The summed E-state index contributed by atoms with van der Waals surface area (Å²) in [5.41, 5.74) is -2.20. The van der Waals surface area contributed by atoms with Crippen LogP contribution in [0.5, 0.6) is 5.75 Å². The molecule has 0 unspecified atom stereocenters. The van der Waals surface area contributed by atoms with E-state index >= 15 is 4.39 Å². The van der Waals surface area contributed by atoms with Crippen LogP contribution in [0.2, 0.25) is 0 Å². The number of carbonyl (C=O) groups excluding carboxylic acids is 1. The summed E-state index contributed by atoms with van der Waals surface area (Å²) in [4.78, 5) is 18.9. The van der Waals surface area contributed by atoms with Crippen molar-refractivity contribution in [2.45, 2.75) is 76.6 Å². The number of alkyl halides is 1. The molecule has 6 rings (SSSR count). The lowest BCUT2D eigenvalue weighted by molar-refractivity contribution is -0.151. The number of halogens is 2. The van der Waals surface area contributed by atoms with Gasteiger partial charge >= 0.3 is 0 Å². The van der Waals surface area contributed by atoms with Crippen LogP contribution < -0.4 is 10.1 Å². The summed E-state index contributed by atoms with van der Waals surface area (Å²) in [6, 6.07) is 7.51. The average Bonchev–Trinajstić information content (AvgIpc) is 3.34. The zero-order valence-corrected chi connectivity index (χ0v) is 26.1. The van der Waals surface area contributed by atoms with Crippen molar-refractivity contribution in [3.63, 3.8) is 0 Å². The van der Waals surface area contributed by atoms with Crippen molar-refractivity contribution in [1.82, 2.24) is 5.32 Å². The van der Waals surface area contributed by atoms with Gasteiger partial charge in [0.1, 0.15) is 42.1 Å². The molecule has 4 fully saturated rings. The second kappa shape index (κ2) is 10.5. The van der Waals surface area contributed by atoms with E-state index in [9.17, 15) is 15.0 Å². The van der Waals surface area contributed by atoms with Gasteiger partial charge in [-0.1, -0.05) is 41.0 Å². The topological polar surface area (TPSA) is 110 Å². The van der Waals surface area contributed by atoms with Gasteiger partial charge in [0.05, 0.1) is 12.2 Å². The Morgan fingerprint density at radius 1 is 1.19 bits per heavy atom. The van der Waals surface area contributed by atoms with Crippen molar-refractivity contribution in [3.05, 3.63) is 52.5 Å². The number of hydrogen-bond donors (Lipinski definition) is 3. The van der Waals surface area contributed by atoms with E-state index in [-0.39, 0.29) is 36.6 Å². The summed E-state index contributed by atoms with van der Waals surface area (Å²) in [5, 5.41) is 29.5. The zero-order chi connectivity index (χ0) is 30.1. The molecule has 10 heteroatoms. The van der Waals surface area contributed by atoms with E-state index < -0.39 is 47.1 Å². The predicted molar refractivity (Wildman–Crippen MR) is 159 cm³/mol. The minimum atomic E-state index is -1.24. The van der Waals surface area contributed by atoms with Gasteiger partial charge in [-0.05, 0) is 86.9 Å². The predicted octanol–water partition coefficient (Wildman–Crippen LogP) is 4.49. The summed E-state index contributed by atoms with van der Waals surface area (Å²) in [6.45, 7) is 7.70. The van der Waals surface area contributed by atoms with Gasteiger partial charge in [0, 0.05) is 21.2 Å². The molecule has 0 bridgehead atoms. The smallest absolute Gasteiger partial charge is 0.181 e. The lowest BCUT2D eigenvalue weighted by atomic mass is 9.45. The number of Topliss-reactive ketones (excluding diaryl/α,β-unsaturated/α-hetero) is 1. The van der Waals surface area contributed by atoms with E-state index in [1.54, 1.807) is 6.08 Å². The first kappa shape index (κ1) is 29.9. The average molecular weight is 648 g/mol. The van der Waals surface area contributed by atoms with Crippen LogP contribution in [-0.4, -0.2) is 71.2 Å². The Labute approximate surface area is 254 Å². The van der Waals surface area contributed by atoms with Crippen molar-refractivity contribution in [3.8, 4) is 5.75 Å². The lowest BCUT2D eigenvalue weighted by Gasteiger charge is -2.60. The fourth-order valence-electron chi connectivity index (χ4n) is 9.17. The van der Waals surface area contributed by atoms with Gasteiger partial charge in [-0.25, -0.2) is 4.39 Å². The van der Waals surface area contributed by atoms with Crippen molar-refractivity contribution in [1.29, 1.82) is 0 Å². The Morgan fingerprint density at radius 2 is 1.93 bits per heavy atom. The molecule has 0 aromatic heterocycles. The number of allylic oxidation sites excluding steroid dienone is 4. The van der Waals surface area contributed by atoms with E-state index in [0.29, 0.717) is 30.7 Å². The number of carbonyl (C=O) groups is 1. The van der Waals surface area contributed by atoms with Crippen LogP contribution in [0.1, 0.15) is 47.0 Å². The summed E-state index contributed by atoms with van der Waals surface area (Å²) >= 11 is 3.40. The van der Waals surface area contributed by atoms with Gasteiger partial charge in [0.25, 0.3) is 0 Å². The van der Waals surface area contributed by atoms with E-state index in [1.165, 1.54) is 0 Å². The monoisotopic (exact) mass is 646 g/mol. The number of ketones is 1. The zero-order valence-electron chi connectivity index (χ0n) is 24.5. The van der Waals surface area contributed by atoms with Crippen LogP contribution in [0, 0.1) is 28.6 Å². The first-order chi connectivity index (χ1) is 19.8. The molecule has 1 aromatic rings. The molecule has 42 heavy (non-hydrogen) atoms. The summed E-state index contributed by atoms with van der Waals surface area (Å²) in [5.74, 6) is -0.0703. The van der Waals surface area contributed by atoms with Gasteiger partial charge in [-0.3, -0.25) is 10.1 Å². The van der Waals surface area contributed by atoms with Crippen LogP contribution in [0.25, 0.3) is 0 Å². The highest BCUT2D eigenvalue weighted by Crippen LogP contribution is 2.69. The van der Waals surface area contributed by atoms with Gasteiger partial charge in [-0.15, -0.1) is 0 Å². The maximum atomic E-state index is 16.2. The van der Waals surface area contributed by atoms with Crippen LogP contribution in [0.15, 0.2) is 57.7 Å². The standard InChI is InChI=1S/C32H40BrFN2O6/c1-29(2)36-32(26(39)17-37)27(42-29)15-22-21-14-24(34)23-13-19(35-41-12-11-40-20-7-5-18(33)6-8-20)9-10-30(23,3)28(21)25(38)16-31(22,32)4/h5-10,13,21-22,24-25,27-28,36-38H,11-12,14-17H2,1-4H3/t21-,22-,24-,25-,27+,28+,30-,31-,32+/m0/s1. The Bertz CT molecular complexity index is 1330. The molecule has 0 spiro atoms. The Hall–Kier alpha value is -2.11. The molecule has 8 nitrogen and oxygen atoms in total. The highest BCUT2D eigenvalue weighted by atomic mass is 79.9. The van der Waals surface area contributed by atoms with E-state index in [0.717, 1.165) is 10.2 Å². The SMILES string of the molecule is CC1(C)N[C@]2(C(=O)CO)[C@@H](C[C@H]3[C@@H]4C[C@H](F)C5=CC(=NOCCOc6ccc(Br)cc6)C=C[C@]5(C)[C@H]4[C@@H](O)C[C@@]32C)O1. The van der Waals surface area contributed by atoms with Crippen molar-refractivity contribution >= 4 is 27.4 Å². The van der Waals surface area contributed by atoms with Crippen LogP contribution in [-0.2, 0) is 14.4 Å². The second-order valence-corrected chi connectivity index (χ2v) is 14.3. The van der Waals surface area contributed by atoms with Gasteiger partial charge in [0.2, 0.25) is 0 Å². The number of fused-ring (bicyclic) bond motifs is 7. The van der Waals surface area contributed by atoms with E-state index in [2.05, 4.69) is 26.4 Å². The molecule has 1 aromatic carbocycles. The third kappa shape index (κ3) is 4.51. The number of hydrogen-bond acceptors (Lipinski definition) is 8. The molecule has 3 N–H and O–H groups in total. The molecule has 228 valence electrons. The number of oxime groups is 1. The normalized spacial score (nSPS) is 42.3. The molecule has 3 saturated carbocycles. The second-order valence-electron chi connectivity index (χ2n) is 13.4. The molecule has 4 aliphatic carbocycles. The molecular weight excluding hydrogens is 607 g/mol. The molecule has 9 atom stereocenters.